The third-order valence-electron chi connectivity index (χ3n) is 2.76. The number of aryl methyl sites for hydroxylation is 1. The molecule has 18 heavy (non-hydrogen) atoms. The van der Waals surface area contributed by atoms with Crippen LogP contribution >= 0.6 is 15.9 Å². The fourth-order valence-electron chi connectivity index (χ4n) is 1.89. The fourth-order valence-corrected chi connectivity index (χ4v) is 2.21. The predicted molar refractivity (Wildman–Crippen MR) is 74.4 cm³/mol. The molecule has 0 aliphatic carbocycles. The Labute approximate surface area is 115 Å². The van der Waals surface area contributed by atoms with Gasteiger partial charge in [-0.1, -0.05) is 6.92 Å². The molecule has 2 rings (SSSR count). The van der Waals surface area contributed by atoms with Crippen LogP contribution in [-0.4, -0.2) is 16.3 Å². The molecule has 0 fully saturated rings. The molecule has 0 radical (unpaired) electrons. The molecule has 0 aliphatic heterocycles. The van der Waals surface area contributed by atoms with E-state index in [0.29, 0.717) is 0 Å². The van der Waals surface area contributed by atoms with E-state index >= 15 is 0 Å². The van der Waals surface area contributed by atoms with Gasteiger partial charge in [0, 0.05) is 19.7 Å². The lowest BCUT2D eigenvalue weighted by molar-refractivity contribution is 0.397. The third-order valence-corrected chi connectivity index (χ3v) is 3.19. The summed E-state index contributed by atoms with van der Waals surface area (Å²) >= 11 is 3.34. The van der Waals surface area contributed by atoms with E-state index in [1.807, 2.05) is 36.1 Å². The molecule has 0 saturated heterocycles. The SMILES string of the molecule is CCCNC(Cc1ccn(C)n1)c1ccc(Br)o1. The zero-order chi connectivity index (χ0) is 13.0. The molecular formula is C13H18BrN3O. The molecule has 2 aromatic heterocycles. The molecule has 0 aliphatic rings. The van der Waals surface area contributed by atoms with E-state index in [4.69, 9.17) is 4.42 Å². The Balaban J connectivity index is 2.09. The van der Waals surface area contributed by atoms with Crippen molar-refractivity contribution < 1.29 is 4.42 Å². The molecule has 0 aromatic carbocycles. The van der Waals surface area contributed by atoms with Gasteiger partial charge in [-0.3, -0.25) is 4.68 Å². The Hall–Kier alpha value is -1.07. The predicted octanol–water partition coefficient (Wildman–Crippen LogP) is 3.06. The molecule has 1 unspecified atom stereocenters. The fraction of sp³-hybridized carbons (Fsp3) is 0.462. The quantitative estimate of drug-likeness (QED) is 0.891. The van der Waals surface area contributed by atoms with Crippen LogP contribution in [0.4, 0.5) is 0 Å². The Kier molecular flexibility index (Phi) is 4.60. The van der Waals surface area contributed by atoms with E-state index < -0.39 is 0 Å². The minimum Gasteiger partial charge on any atom is -0.453 e. The van der Waals surface area contributed by atoms with E-state index in [-0.39, 0.29) is 6.04 Å². The van der Waals surface area contributed by atoms with E-state index in [2.05, 4.69) is 33.3 Å². The van der Waals surface area contributed by atoms with E-state index in [9.17, 15) is 0 Å². The van der Waals surface area contributed by atoms with Gasteiger partial charge >= 0.3 is 0 Å². The number of hydrogen-bond donors (Lipinski definition) is 1. The Morgan fingerprint density at radius 3 is 2.83 bits per heavy atom. The van der Waals surface area contributed by atoms with E-state index in [0.717, 1.165) is 35.5 Å². The lowest BCUT2D eigenvalue weighted by Gasteiger charge is -2.14. The number of halogens is 1. The minimum absolute atomic E-state index is 0.172. The Bertz CT molecular complexity index is 492. The second kappa shape index (κ2) is 6.20. The largest absolute Gasteiger partial charge is 0.453 e. The molecule has 5 heteroatoms. The van der Waals surface area contributed by atoms with Crippen molar-refractivity contribution in [2.75, 3.05) is 6.54 Å². The molecule has 1 atom stereocenters. The number of rotatable bonds is 6. The van der Waals surface area contributed by atoms with Gasteiger partial charge < -0.3 is 9.73 Å². The maximum atomic E-state index is 5.64. The van der Waals surface area contributed by atoms with Crippen LogP contribution < -0.4 is 5.32 Å². The molecule has 2 heterocycles. The van der Waals surface area contributed by atoms with Crippen LogP contribution in [0.15, 0.2) is 33.5 Å². The van der Waals surface area contributed by atoms with Crippen LogP contribution in [0.5, 0.6) is 0 Å². The smallest absolute Gasteiger partial charge is 0.169 e. The summed E-state index contributed by atoms with van der Waals surface area (Å²) in [5, 5.41) is 7.91. The lowest BCUT2D eigenvalue weighted by Crippen LogP contribution is -2.23. The highest BCUT2D eigenvalue weighted by atomic mass is 79.9. The highest BCUT2D eigenvalue weighted by molar-refractivity contribution is 9.10. The van der Waals surface area contributed by atoms with Gasteiger partial charge in [0.05, 0.1) is 11.7 Å². The van der Waals surface area contributed by atoms with Crippen LogP contribution in [0.3, 0.4) is 0 Å². The number of furan rings is 1. The van der Waals surface area contributed by atoms with Gasteiger partial charge in [-0.05, 0) is 47.1 Å². The first-order valence-corrected chi connectivity index (χ1v) is 6.95. The van der Waals surface area contributed by atoms with Gasteiger partial charge in [-0.25, -0.2) is 0 Å². The molecule has 4 nitrogen and oxygen atoms in total. The molecule has 1 N–H and O–H groups in total. The maximum Gasteiger partial charge on any atom is 0.169 e. The third kappa shape index (κ3) is 3.46. The number of hydrogen-bond acceptors (Lipinski definition) is 3. The molecule has 2 aromatic rings. The number of nitrogens with zero attached hydrogens (tertiary/aromatic N) is 2. The van der Waals surface area contributed by atoms with Crippen molar-refractivity contribution in [3.63, 3.8) is 0 Å². The topological polar surface area (TPSA) is 43.0 Å². The Morgan fingerprint density at radius 1 is 1.44 bits per heavy atom. The monoisotopic (exact) mass is 311 g/mol. The second-order valence-corrected chi connectivity index (χ2v) is 5.12. The van der Waals surface area contributed by atoms with Gasteiger partial charge in [0.15, 0.2) is 4.67 Å². The normalized spacial score (nSPS) is 12.8. The number of aromatic nitrogens is 2. The first-order valence-electron chi connectivity index (χ1n) is 6.16. The van der Waals surface area contributed by atoms with Gasteiger partial charge in [0.1, 0.15) is 5.76 Å². The molecule has 98 valence electrons. The van der Waals surface area contributed by atoms with Crippen LogP contribution in [0.2, 0.25) is 0 Å². The standard InChI is InChI=1S/C13H18BrN3O/c1-3-7-15-11(12-4-5-13(14)18-12)9-10-6-8-17(2)16-10/h4-6,8,11,15H,3,7,9H2,1-2H3. The van der Waals surface area contributed by atoms with E-state index in [1.165, 1.54) is 0 Å². The molecular weight excluding hydrogens is 294 g/mol. The first-order chi connectivity index (χ1) is 8.69. The summed E-state index contributed by atoms with van der Waals surface area (Å²) in [6, 6.07) is 6.14. The van der Waals surface area contributed by atoms with Gasteiger partial charge in [0.25, 0.3) is 0 Å². The summed E-state index contributed by atoms with van der Waals surface area (Å²) < 4.78 is 8.23. The van der Waals surface area contributed by atoms with Crippen molar-refractivity contribution in [3.05, 3.63) is 40.5 Å². The zero-order valence-corrected chi connectivity index (χ0v) is 12.3. The summed E-state index contributed by atoms with van der Waals surface area (Å²) in [5.41, 5.74) is 1.07. The lowest BCUT2D eigenvalue weighted by atomic mass is 10.1. The van der Waals surface area contributed by atoms with Gasteiger partial charge in [-0.15, -0.1) is 0 Å². The second-order valence-electron chi connectivity index (χ2n) is 4.33. The highest BCUT2D eigenvalue weighted by Crippen LogP contribution is 2.23. The van der Waals surface area contributed by atoms with E-state index in [1.54, 1.807) is 0 Å². The zero-order valence-electron chi connectivity index (χ0n) is 10.7. The molecule has 0 saturated carbocycles. The van der Waals surface area contributed by atoms with Crippen LogP contribution in [-0.2, 0) is 13.5 Å². The highest BCUT2D eigenvalue weighted by Gasteiger charge is 2.16. The summed E-state index contributed by atoms with van der Waals surface area (Å²) in [6.45, 7) is 3.12. The minimum atomic E-state index is 0.172. The molecule has 0 bridgehead atoms. The van der Waals surface area contributed by atoms with Crippen molar-refractivity contribution >= 4 is 15.9 Å². The van der Waals surface area contributed by atoms with Crippen molar-refractivity contribution in [2.45, 2.75) is 25.8 Å². The first kappa shape index (κ1) is 13.4. The van der Waals surface area contributed by atoms with Crippen LogP contribution in [0.1, 0.15) is 30.8 Å². The Morgan fingerprint density at radius 2 is 2.28 bits per heavy atom. The number of nitrogens with one attached hydrogen (secondary N) is 1. The van der Waals surface area contributed by atoms with Gasteiger partial charge in [-0.2, -0.15) is 5.10 Å². The van der Waals surface area contributed by atoms with Gasteiger partial charge in [0.2, 0.25) is 0 Å². The summed E-state index contributed by atoms with van der Waals surface area (Å²) in [5.74, 6) is 0.945. The van der Waals surface area contributed by atoms with Crippen molar-refractivity contribution in [2.24, 2.45) is 7.05 Å². The van der Waals surface area contributed by atoms with Crippen LogP contribution in [0, 0.1) is 0 Å². The summed E-state index contributed by atoms with van der Waals surface area (Å²) in [7, 11) is 1.93. The van der Waals surface area contributed by atoms with Crippen molar-refractivity contribution in [3.8, 4) is 0 Å². The van der Waals surface area contributed by atoms with Crippen molar-refractivity contribution in [1.82, 2.24) is 15.1 Å². The molecule has 0 spiro atoms. The summed E-state index contributed by atoms with van der Waals surface area (Å²) in [4.78, 5) is 0. The van der Waals surface area contributed by atoms with Crippen LogP contribution in [0.25, 0.3) is 0 Å². The maximum absolute atomic E-state index is 5.64. The molecule has 0 amide bonds. The average molecular weight is 312 g/mol. The van der Waals surface area contributed by atoms with Crippen molar-refractivity contribution in [1.29, 1.82) is 0 Å². The average Bonchev–Trinajstić information content (AvgIpc) is 2.93. The summed E-state index contributed by atoms with van der Waals surface area (Å²) in [6.07, 6.45) is 3.89.